The van der Waals surface area contributed by atoms with Gasteiger partial charge in [-0.2, -0.15) is 4.31 Å². The Morgan fingerprint density at radius 3 is 1.61 bits per heavy atom. The fraction of sp³-hybridized carbons (Fsp3) is 0.455. The van der Waals surface area contributed by atoms with Crippen molar-refractivity contribution in [1.82, 2.24) is 9.21 Å². The fourth-order valence-corrected chi connectivity index (χ4v) is 5.45. The quantitative estimate of drug-likeness (QED) is 0.0474. The maximum Gasteiger partial charge on any atom is 1.00 e. The van der Waals surface area contributed by atoms with Crippen LogP contribution in [0.25, 0.3) is 0 Å². The topological polar surface area (TPSA) is 192 Å². The molecule has 0 aliphatic carbocycles. The van der Waals surface area contributed by atoms with Crippen molar-refractivity contribution >= 4 is 30.3 Å². The molecule has 2 aromatic carbocycles. The summed E-state index contributed by atoms with van der Waals surface area (Å²) in [5.41, 5.74) is 0. The van der Waals surface area contributed by atoms with Crippen molar-refractivity contribution in [3.8, 4) is 11.5 Å². The third-order valence-corrected chi connectivity index (χ3v) is 8.52. The molecule has 41 heavy (non-hydrogen) atoms. The molecule has 1 aliphatic heterocycles. The first-order valence-corrected chi connectivity index (χ1v) is 16.0. The van der Waals surface area contributed by atoms with Gasteiger partial charge in [0.2, 0.25) is 10.0 Å². The summed E-state index contributed by atoms with van der Waals surface area (Å²) in [6, 6.07) is 10.3. The Balaban J connectivity index is 0.00000420. The molecule has 1 saturated heterocycles. The third kappa shape index (κ3) is 15.2. The van der Waals surface area contributed by atoms with Crippen LogP contribution in [-0.2, 0) is 39.7 Å². The Morgan fingerprint density at radius 2 is 1.22 bits per heavy atom. The van der Waals surface area contributed by atoms with Crippen LogP contribution in [0.4, 0.5) is 0 Å². The van der Waals surface area contributed by atoms with Gasteiger partial charge in [0, 0.05) is 19.6 Å². The van der Waals surface area contributed by atoms with Gasteiger partial charge >= 0.3 is 103 Å². The van der Waals surface area contributed by atoms with Crippen LogP contribution in [0.3, 0.4) is 0 Å². The smallest absolute Gasteiger partial charge is 0.744 e. The van der Waals surface area contributed by atoms with Crippen LogP contribution >= 0.6 is 0 Å². The summed E-state index contributed by atoms with van der Waals surface area (Å²) >= 11 is 0. The molecule has 1 atom stereocenters. The second-order valence-electron chi connectivity index (χ2n) is 8.31. The zero-order valence-electron chi connectivity index (χ0n) is 22.7. The molecule has 1 fully saturated rings. The standard InChI is InChI=1S/C22H30N2O12S3.2K/c25-37(26)16-24(37)9-3-8-23(10-12-33-17-35-19-4-1-6-21(14-19)38(27,28)29)11-13-34-18-36-20-5-2-7-22(15-20)39(30,31)32;;/h1-2,4-7,14-15H,3,8-13,16-18H2,(H,27,28,29)(H,30,31,32);;/q;2*+1/p-2. The van der Waals surface area contributed by atoms with Crippen LogP contribution in [0.5, 0.6) is 11.5 Å². The van der Waals surface area contributed by atoms with E-state index in [9.17, 15) is 34.4 Å². The predicted molar refractivity (Wildman–Crippen MR) is 133 cm³/mol. The summed E-state index contributed by atoms with van der Waals surface area (Å²) < 4.78 is 112. The maximum atomic E-state index is 11.4. The molecular formula is C22H28K2N2O12S3. The molecule has 0 N–H and O–H groups in total. The average molecular weight is 687 g/mol. The molecule has 0 bridgehead atoms. The number of sulfonamides is 1. The van der Waals surface area contributed by atoms with Crippen LogP contribution in [-0.4, -0.2) is 102 Å². The van der Waals surface area contributed by atoms with Gasteiger partial charge in [0.1, 0.15) is 37.6 Å². The molecule has 218 valence electrons. The van der Waals surface area contributed by atoms with Crippen LogP contribution < -0.4 is 112 Å². The minimum absolute atomic E-state index is 0. The predicted octanol–water partition coefficient (Wildman–Crippen LogP) is -5.80. The first-order valence-electron chi connectivity index (χ1n) is 11.6. The van der Waals surface area contributed by atoms with E-state index in [0.717, 1.165) is 12.1 Å². The molecule has 0 aromatic heterocycles. The van der Waals surface area contributed by atoms with Crippen molar-refractivity contribution < 1.29 is 156 Å². The molecule has 0 radical (unpaired) electrons. The molecule has 2 aromatic rings. The molecule has 1 unspecified atom stereocenters. The van der Waals surface area contributed by atoms with Gasteiger partial charge in [-0.25, -0.2) is 25.3 Å². The molecule has 0 amide bonds. The largest absolute Gasteiger partial charge is 1.00 e. The van der Waals surface area contributed by atoms with Crippen molar-refractivity contribution in [3.63, 3.8) is 0 Å². The SMILES string of the molecule is O=S(=O)([O-])c1cccc(OCOCCN(CCCN2CS2(=O)=O)CCOCOc2cccc(S(=O)(=O)[O-])c2)c1.[K+].[K+]. The van der Waals surface area contributed by atoms with E-state index in [0.29, 0.717) is 32.6 Å². The molecule has 0 spiro atoms. The van der Waals surface area contributed by atoms with Gasteiger partial charge in [-0.15, -0.1) is 0 Å². The number of hydrogen-bond acceptors (Lipinski definition) is 13. The Kier molecular flexibility index (Phi) is 18.3. The zero-order valence-corrected chi connectivity index (χ0v) is 31.4. The van der Waals surface area contributed by atoms with E-state index in [1.165, 1.54) is 40.7 Å². The number of ether oxygens (including phenoxy) is 4. The minimum atomic E-state index is -4.60. The Bertz CT molecular complexity index is 1340. The van der Waals surface area contributed by atoms with E-state index in [1.54, 1.807) is 0 Å². The zero-order chi connectivity index (χ0) is 28.5. The molecule has 0 saturated carbocycles. The summed E-state index contributed by atoms with van der Waals surface area (Å²) in [5.74, 6) is 0.378. The first kappa shape index (κ1) is 39.9. The van der Waals surface area contributed by atoms with Gasteiger partial charge in [0.25, 0.3) is 0 Å². The normalized spacial score (nSPS) is 15.9. The van der Waals surface area contributed by atoms with Gasteiger partial charge in [-0.05, 0) is 49.4 Å². The van der Waals surface area contributed by atoms with Crippen molar-refractivity contribution in [2.24, 2.45) is 0 Å². The second kappa shape index (κ2) is 18.8. The minimum Gasteiger partial charge on any atom is -0.744 e. The van der Waals surface area contributed by atoms with Gasteiger partial charge < -0.3 is 28.1 Å². The van der Waals surface area contributed by atoms with Crippen LogP contribution in [0, 0.1) is 0 Å². The molecule has 1 heterocycles. The van der Waals surface area contributed by atoms with Crippen LogP contribution in [0.1, 0.15) is 6.42 Å². The maximum absolute atomic E-state index is 11.4. The molecule has 3 rings (SSSR count). The summed E-state index contributed by atoms with van der Waals surface area (Å²) in [6.45, 7) is 1.91. The van der Waals surface area contributed by atoms with Crippen molar-refractivity contribution in [2.45, 2.75) is 16.2 Å². The van der Waals surface area contributed by atoms with E-state index in [1.807, 2.05) is 4.90 Å². The average Bonchev–Trinajstić information content (AvgIpc) is 3.48. The van der Waals surface area contributed by atoms with Crippen molar-refractivity contribution in [3.05, 3.63) is 48.5 Å². The summed E-state index contributed by atoms with van der Waals surface area (Å²) in [4.78, 5) is 1.16. The summed E-state index contributed by atoms with van der Waals surface area (Å²) in [6.07, 6.45) is 0.582. The van der Waals surface area contributed by atoms with E-state index in [4.69, 9.17) is 18.9 Å². The Labute approximate surface area is 325 Å². The van der Waals surface area contributed by atoms with E-state index >= 15 is 0 Å². The van der Waals surface area contributed by atoms with E-state index < -0.39 is 40.1 Å². The first-order chi connectivity index (χ1) is 18.3. The van der Waals surface area contributed by atoms with Gasteiger partial charge in [-0.3, -0.25) is 4.90 Å². The number of rotatable bonds is 18. The Hall–Kier alpha value is 0.923. The molecule has 14 nitrogen and oxygen atoms in total. The van der Waals surface area contributed by atoms with E-state index in [2.05, 4.69) is 0 Å². The number of nitrogens with zero attached hydrogens (tertiary/aromatic N) is 2. The third-order valence-electron chi connectivity index (χ3n) is 5.42. The van der Waals surface area contributed by atoms with E-state index in [-0.39, 0.29) is 147 Å². The van der Waals surface area contributed by atoms with Crippen molar-refractivity contribution in [1.29, 1.82) is 0 Å². The van der Waals surface area contributed by atoms with Crippen LogP contribution in [0.15, 0.2) is 58.3 Å². The van der Waals surface area contributed by atoms with Crippen LogP contribution in [0.2, 0.25) is 0 Å². The summed E-state index contributed by atoms with van der Waals surface area (Å²) in [5, 5.41) is 0. The number of benzene rings is 2. The van der Waals surface area contributed by atoms with Gasteiger partial charge in [-0.1, -0.05) is 12.1 Å². The monoisotopic (exact) mass is 686 g/mol. The number of hydrogen-bond donors (Lipinski definition) is 0. The van der Waals surface area contributed by atoms with Gasteiger partial charge in [0.15, 0.2) is 13.6 Å². The van der Waals surface area contributed by atoms with Crippen molar-refractivity contribution in [2.75, 3.05) is 58.9 Å². The second-order valence-corrected chi connectivity index (χ2v) is 13.0. The Morgan fingerprint density at radius 1 is 0.780 bits per heavy atom. The fourth-order valence-electron chi connectivity index (χ4n) is 3.33. The molecular weight excluding hydrogens is 659 g/mol. The van der Waals surface area contributed by atoms with Gasteiger partial charge in [0.05, 0.1) is 23.0 Å². The molecule has 1 aliphatic rings. The molecule has 19 heteroatoms. The summed E-state index contributed by atoms with van der Waals surface area (Å²) in [7, 11) is -12.3.